The number of morpholine rings is 1. The lowest BCUT2D eigenvalue weighted by Crippen LogP contribution is -2.73. The van der Waals surface area contributed by atoms with Gasteiger partial charge in [-0.2, -0.15) is 17.0 Å². The number of hydrogen-bond donors (Lipinski definition) is 1. The van der Waals surface area contributed by atoms with Crippen molar-refractivity contribution < 1.29 is 17.9 Å². The van der Waals surface area contributed by atoms with E-state index < -0.39 is 15.8 Å². The first-order valence-electron chi connectivity index (χ1n) is 6.45. The number of ether oxygens (including phenoxy) is 1. The molecule has 1 N–H and O–H groups in total. The van der Waals surface area contributed by atoms with Gasteiger partial charge < -0.3 is 10.1 Å². The molecular formula is C11H22N4O4S. The lowest BCUT2D eigenvalue weighted by atomic mass is 9.93. The van der Waals surface area contributed by atoms with Gasteiger partial charge in [0.25, 0.3) is 10.2 Å². The highest BCUT2D eigenvalue weighted by atomic mass is 32.2. The van der Waals surface area contributed by atoms with E-state index in [1.165, 1.54) is 22.7 Å². The Kier molecular flexibility index (Phi) is 4.09. The molecule has 1 amide bonds. The molecule has 2 rings (SSSR count). The zero-order valence-electron chi connectivity index (χ0n) is 12.3. The molecule has 0 aliphatic carbocycles. The van der Waals surface area contributed by atoms with Gasteiger partial charge in [0.05, 0.1) is 6.61 Å². The number of nitrogens with one attached hydrogen (secondary N) is 1. The maximum atomic E-state index is 12.0. The van der Waals surface area contributed by atoms with E-state index in [0.29, 0.717) is 19.6 Å². The molecule has 2 heterocycles. The van der Waals surface area contributed by atoms with Crippen LogP contribution in [0.5, 0.6) is 0 Å². The Morgan fingerprint density at radius 3 is 2.40 bits per heavy atom. The van der Waals surface area contributed by atoms with Crippen molar-refractivity contribution >= 4 is 16.1 Å². The molecule has 0 aromatic carbocycles. The molecule has 20 heavy (non-hydrogen) atoms. The zero-order valence-corrected chi connectivity index (χ0v) is 13.1. The quantitative estimate of drug-likeness (QED) is 0.647. The first-order valence-corrected chi connectivity index (χ1v) is 7.85. The molecule has 9 heteroatoms. The Hall–Kier alpha value is -0.740. The summed E-state index contributed by atoms with van der Waals surface area (Å²) in [6.07, 6.45) is 0. The smallest absolute Gasteiger partial charge is 0.281 e. The highest BCUT2D eigenvalue weighted by Gasteiger charge is 2.53. The van der Waals surface area contributed by atoms with Crippen molar-refractivity contribution in [2.45, 2.75) is 11.6 Å². The fourth-order valence-corrected chi connectivity index (χ4v) is 3.88. The fraction of sp³-hybridized carbons (Fsp3) is 0.909. The number of likely N-dealkylation sites (N-methyl/N-ethyl adjacent to an activating group) is 2. The second kappa shape index (κ2) is 5.23. The summed E-state index contributed by atoms with van der Waals surface area (Å²) in [7, 11) is 3.09. The summed E-state index contributed by atoms with van der Waals surface area (Å²) in [5, 5.41) is 2.60. The summed E-state index contributed by atoms with van der Waals surface area (Å²) in [6, 6.07) is -0.315. The van der Waals surface area contributed by atoms with Crippen molar-refractivity contribution in [3.8, 4) is 0 Å². The molecule has 0 saturated carbocycles. The second-order valence-corrected chi connectivity index (χ2v) is 7.74. The Morgan fingerprint density at radius 2 is 1.95 bits per heavy atom. The van der Waals surface area contributed by atoms with Crippen molar-refractivity contribution in [1.29, 1.82) is 0 Å². The van der Waals surface area contributed by atoms with E-state index in [9.17, 15) is 13.2 Å². The van der Waals surface area contributed by atoms with Crippen LogP contribution in [0.15, 0.2) is 0 Å². The van der Waals surface area contributed by atoms with Gasteiger partial charge in [0.15, 0.2) is 0 Å². The van der Waals surface area contributed by atoms with E-state index >= 15 is 0 Å². The average molecular weight is 306 g/mol. The van der Waals surface area contributed by atoms with Gasteiger partial charge in [-0.1, -0.05) is 0 Å². The number of nitrogens with zero attached hydrogens (tertiary/aromatic N) is 3. The fourth-order valence-electron chi connectivity index (χ4n) is 2.62. The third kappa shape index (κ3) is 2.56. The number of carbonyl (C=O) groups excluding carboxylic acids is 1. The molecule has 1 unspecified atom stereocenters. The van der Waals surface area contributed by atoms with Crippen molar-refractivity contribution in [3.05, 3.63) is 0 Å². The summed E-state index contributed by atoms with van der Waals surface area (Å²) in [6.45, 7) is 1.49. The molecule has 2 fully saturated rings. The molecular weight excluding hydrogens is 284 g/mol. The minimum Gasteiger partial charge on any atom is -0.369 e. The lowest BCUT2D eigenvalue weighted by Gasteiger charge is -2.54. The Labute approximate surface area is 119 Å². The molecule has 2 saturated heterocycles. The molecule has 0 aromatic heterocycles. The van der Waals surface area contributed by atoms with Crippen LogP contribution in [0.3, 0.4) is 0 Å². The van der Waals surface area contributed by atoms with Crippen molar-refractivity contribution in [2.75, 3.05) is 54.4 Å². The van der Waals surface area contributed by atoms with Crippen LogP contribution in [0, 0.1) is 0 Å². The molecule has 8 nitrogen and oxygen atoms in total. The standard InChI is InChI=1S/C11H22N4O4S/c1-12-10(16)9-5-19-11(6-14(9)4)7-15(8-11)20(17,18)13(2)3/h9H,5-8H2,1-4H3,(H,12,16). The molecule has 0 aromatic rings. The normalized spacial score (nSPS) is 27.6. The van der Waals surface area contributed by atoms with Crippen LogP contribution < -0.4 is 5.32 Å². The minimum absolute atomic E-state index is 0.0838. The molecule has 1 spiro atoms. The summed E-state index contributed by atoms with van der Waals surface area (Å²) >= 11 is 0. The van der Waals surface area contributed by atoms with E-state index in [-0.39, 0.29) is 18.6 Å². The van der Waals surface area contributed by atoms with Gasteiger partial charge >= 0.3 is 0 Å². The van der Waals surface area contributed by atoms with Crippen LogP contribution in [0.2, 0.25) is 0 Å². The van der Waals surface area contributed by atoms with Crippen molar-refractivity contribution in [1.82, 2.24) is 18.8 Å². The van der Waals surface area contributed by atoms with E-state index in [4.69, 9.17) is 4.74 Å². The average Bonchev–Trinajstić information content (AvgIpc) is 2.34. The highest BCUT2D eigenvalue weighted by molar-refractivity contribution is 7.86. The highest BCUT2D eigenvalue weighted by Crippen LogP contribution is 2.32. The van der Waals surface area contributed by atoms with Crippen LogP contribution in [0.1, 0.15) is 0 Å². The molecule has 2 aliphatic heterocycles. The summed E-state index contributed by atoms with van der Waals surface area (Å²) in [5.41, 5.74) is -0.484. The number of carbonyl (C=O) groups is 1. The van der Waals surface area contributed by atoms with Gasteiger partial charge in [0, 0.05) is 40.8 Å². The van der Waals surface area contributed by atoms with Crippen LogP contribution >= 0.6 is 0 Å². The summed E-state index contributed by atoms with van der Waals surface area (Å²) in [5.74, 6) is -0.0838. The van der Waals surface area contributed by atoms with Crippen molar-refractivity contribution in [3.63, 3.8) is 0 Å². The van der Waals surface area contributed by atoms with Gasteiger partial charge in [0.2, 0.25) is 5.91 Å². The molecule has 116 valence electrons. The van der Waals surface area contributed by atoms with Gasteiger partial charge in [-0.25, -0.2) is 0 Å². The molecule has 0 radical (unpaired) electrons. The Bertz CT molecular complexity index is 487. The maximum Gasteiger partial charge on any atom is 0.281 e. The minimum atomic E-state index is -3.38. The van der Waals surface area contributed by atoms with Crippen molar-refractivity contribution in [2.24, 2.45) is 0 Å². The maximum absolute atomic E-state index is 12.0. The monoisotopic (exact) mass is 306 g/mol. The predicted molar refractivity (Wildman–Crippen MR) is 73.3 cm³/mol. The van der Waals surface area contributed by atoms with E-state index in [1.54, 1.807) is 7.05 Å². The number of hydrogen-bond acceptors (Lipinski definition) is 5. The predicted octanol–water partition coefficient (Wildman–Crippen LogP) is -2.08. The number of amides is 1. The van der Waals surface area contributed by atoms with Crippen LogP contribution in [0.25, 0.3) is 0 Å². The van der Waals surface area contributed by atoms with E-state index in [1.807, 2.05) is 11.9 Å². The Balaban J connectivity index is 1.97. The van der Waals surface area contributed by atoms with E-state index in [0.717, 1.165) is 0 Å². The van der Waals surface area contributed by atoms with Gasteiger partial charge in [0.1, 0.15) is 11.6 Å². The first kappa shape index (κ1) is 15.6. The topological polar surface area (TPSA) is 82.2 Å². The van der Waals surface area contributed by atoms with Crippen LogP contribution in [0.4, 0.5) is 0 Å². The van der Waals surface area contributed by atoms with E-state index in [2.05, 4.69) is 5.32 Å². The SMILES string of the molecule is CNC(=O)C1COC2(CN1C)CN(S(=O)(=O)N(C)C)C2. The summed E-state index contributed by atoms with van der Waals surface area (Å²) < 4.78 is 32.3. The van der Waals surface area contributed by atoms with Gasteiger partial charge in [-0.15, -0.1) is 0 Å². The van der Waals surface area contributed by atoms with Gasteiger partial charge in [-0.3, -0.25) is 9.69 Å². The molecule has 2 aliphatic rings. The van der Waals surface area contributed by atoms with Crippen LogP contribution in [-0.4, -0.2) is 93.9 Å². The third-order valence-corrected chi connectivity index (χ3v) is 5.72. The van der Waals surface area contributed by atoms with Gasteiger partial charge in [-0.05, 0) is 7.05 Å². The summed E-state index contributed by atoms with van der Waals surface area (Å²) in [4.78, 5) is 13.6. The Morgan fingerprint density at radius 1 is 1.35 bits per heavy atom. The number of rotatable bonds is 3. The first-order chi connectivity index (χ1) is 9.22. The zero-order chi connectivity index (χ0) is 15.1. The third-order valence-electron chi connectivity index (χ3n) is 3.88. The molecule has 1 atom stereocenters. The largest absolute Gasteiger partial charge is 0.369 e. The van der Waals surface area contributed by atoms with Crippen LogP contribution in [-0.2, 0) is 19.7 Å². The lowest BCUT2D eigenvalue weighted by molar-refractivity contribution is -0.181. The second-order valence-electron chi connectivity index (χ2n) is 5.60. The molecule has 0 bridgehead atoms.